The molecule has 2 rings (SSSR count). The van der Waals surface area contributed by atoms with Gasteiger partial charge in [0.05, 0.1) is 0 Å². The van der Waals surface area contributed by atoms with Gasteiger partial charge in [0, 0.05) is 6.04 Å². The maximum absolute atomic E-state index is 13.2. The molecule has 1 fully saturated rings. The fraction of sp³-hybridized carbons (Fsp3) is 0.538. The van der Waals surface area contributed by atoms with Gasteiger partial charge in [-0.25, -0.2) is 4.39 Å². The number of hydrogen-bond donors (Lipinski definition) is 2. The first-order chi connectivity index (χ1) is 7.68. The first-order valence-corrected chi connectivity index (χ1v) is 5.92. The molecule has 1 aliphatic rings. The Kier molecular flexibility index (Phi) is 3.44. The van der Waals surface area contributed by atoms with Gasteiger partial charge in [0.15, 0.2) is 11.6 Å². The van der Waals surface area contributed by atoms with Gasteiger partial charge in [0.1, 0.15) is 0 Å². The first kappa shape index (κ1) is 11.4. The zero-order valence-electron chi connectivity index (χ0n) is 9.32. The summed E-state index contributed by atoms with van der Waals surface area (Å²) in [6.45, 7) is 0. The second-order valence-corrected chi connectivity index (χ2v) is 4.63. The maximum Gasteiger partial charge on any atom is 0.165 e. The molecule has 0 heterocycles. The molecular formula is C13H18FNO. The smallest absolute Gasteiger partial charge is 0.165 e. The van der Waals surface area contributed by atoms with Crippen LogP contribution in [0.3, 0.4) is 0 Å². The summed E-state index contributed by atoms with van der Waals surface area (Å²) in [6, 6.07) is 4.36. The summed E-state index contributed by atoms with van der Waals surface area (Å²) in [6.07, 6.45) is 5.98. The van der Waals surface area contributed by atoms with Crippen molar-refractivity contribution in [3.63, 3.8) is 0 Å². The topological polar surface area (TPSA) is 46.2 Å². The molecule has 0 aliphatic heterocycles. The molecule has 3 heteroatoms. The average molecular weight is 223 g/mol. The summed E-state index contributed by atoms with van der Waals surface area (Å²) in [5.74, 6) is -0.430. The third-order valence-corrected chi connectivity index (χ3v) is 3.51. The lowest BCUT2D eigenvalue weighted by molar-refractivity contribution is 0.307. The fourth-order valence-corrected chi connectivity index (χ4v) is 2.50. The first-order valence-electron chi connectivity index (χ1n) is 5.92. The molecule has 1 aromatic carbocycles. The molecule has 16 heavy (non-hydrogen) atoms. The number of phenols is 1. The van der Waals surface area contributed by atoms with Crippen LogP contribution in [0.25, 0.3) is 0 Å². The van der Waals surface area contributed by atoms with Gasteiger partial charge in [-0.2, -0.15) is 0 Å². The minimum Gasteiger partial charge on any atom is -0.505 e. The Labute approximate surface area is 95.3 Å². The molecule has 0 saturated heterocycles. The van der Waals surface area contributed by atoms with Crippen LogP contribution in [-0.4, -0.2) is 5.11 Å². The standard InChI is InChI=1S/C13H18FNO/c14-11-8-10(6-7-12(11)16)13(15)9-4-2-1-3-5-9/h6-9,13,16H,1-5,15H2/t13-/m1/s1. The molecule has 1 atom stereocenters. The van der Waals surface area contributed by atoms with Gasteiger partial charge < -0.3 is 10.8 Å². The summed E-state index contributed by atoms with van der Waals surface area (Å²) in [4.78, 5) is 0. The Morgan fingerprint density at radius 3 is 2.56 bits per heavy atom. The molecule has 0 unspecified atom stereocenters. The van der Waals surface area contributed by atoms with E-state index in [2.05, 4.69) is 0 Å². The third kappa shape index (κ3) is 2.35. The monoisotopic (exact) mass is 223 g/mol. The summed E-state index contributed by atoms with van der Waals surface area (Å²) < 4.78 is 13.2. The number of benzene rings is 1. The highest BCUT2D eigenvalue weighted by atomic mass is 19.1. The van der Waals surface area contributed by atoms with Crippen LogP contribution in [0.2, 0.25) is 0 Å². The SMILES string of the molecule is N[C@@H](c1ccc(O)c(F)c1)C1CCCCC1. The highest BCUT2D eigenvalue weighted by Gasteiger charge is 2.22. The third-order valence-electron chi connectivity index (χ3n) is 3.51. The minimum atomic E-state index is -0.580. The van der Waals surface area contributed by atoms with Gasteiger partial charge in [-0.1, -0.05) is 25.3 Å². The molecule has 3 N–H and O–H groups in total. The highest BCUT2D eigenvalue weighted by molar-refractivity contribution is 5.30. The van der Waals surface area contributed by atoms with Crippen LogP contribution in [0.1, 0.15) is 43.7 Å². The van der Waals surface area contributed by atoms with E-state index < -0.39 is 5.82 Å². The van der Waals surface area contributed by atoms with E-state index in [0.717, 1.165) is 18.4 Å². The van der Waals surface area contributed by atoms with Crippen LogP contribution < -0.4 is 5.73 Å². The van der Waals surface area contributed by atoms with E-state index in [4.69, 9.17) is 10.8 Å². The minimum absolute atomic E-state index is 0.101. The van der Waals surface area contributed by atoms with Crippen molar-refractivity contribution in [2.75, 3.05) is 0 Å². The van der Waals surface area contributed by atoms with Crippen molar-refractivity contribution in [1.29, 1.82) is 0 Å². The fourth-order valence-electron chi connectivity index (χ4n) is 2.50. The van der Waals surface area contributed by atoms with Crippen molar-refractivity contribution >= 4 is 0 Å². The van der Waals surface area contributed by atoms with Crippen LogP contribution in [0.5, 0.6) is 5.75 Å². The Bertz CT molecular complexity index is 361. The number of hydrogen-bond acceptors (Lipinski definition) is 2. The van der Waals surface area contributed by atoms with Gasteiger partial charge >= 0.3 is 0 Å². The van der Waals surface area contributed by atoms with E-state index in [1.807, 2.05) is 0 Å². The van der Waals surface area contributed by atoms with Gasteiger partial charge in [-0.3, -0.25) is 0 Å². The molecular weight excluding hydrogens is 205 g/mol. The number of nitrogens with two attached hydrogens (primary N) is 1. The van der Waals surface area contributed by atoms with Gasteiger partial charge in [-0.15, -0.1) is 0 Å². The van der Waals surface area contributed by atoms with Crippen LogP contribution in [0.15, 0.2) is 18.2 Å². The van der Waals surface area contributed by atoms with Crippen LogP contribution >= 0.6 is 0 Å². The van der Waals surface area contributed by atoms with Crippen LogP contribution in [0.4, 0.5) is 4.39 Å². The molecule has 88 valence electrons. The maximum atomic E-state index is 13.2. The summed E-state index contributed by atoms with van der Waals surface area (Å²) in [7, 11) is 0. The van der Waals surface area contributed by atoms with Crippen molar-refractivity contribution < 1.29 is 9.50 Å². The summed E-state index contributed by atoms with van der Waals surface area (Å²) >= 11 is 0. The van der Waals surface area contributed by atoms with E-state index in [9.17, 15) is 4.39 Å². The largest absolute Gasteiger partial charge is 0.505 e. The van der Waals surface area contributed by atoms with E-state index in [1.54, 1.807) is 6.07 Å². The predicted molar refractivity (Wildman–Crippen MR) is 61.6 cm³/mol. The number of phenolic OH excluding ortho intramolecular Hbond substituents is 1. The molecule has 0 amide bonds. The zero-order chi connectivity index (χ0) is 11.5. The zero-order valence-corrected chi connectivity index (χ0v) is 9.32. The molecule has 0 spiro atoms. The van der Waals surface area contributed by atoms with Crippen molar-refractivity contribution in [2.45, 2.75) is 38.1 Å². The lowest BCUT2D eigenvalue weighted by Gasteiger charge is -2.27. The molecule has 2 nitrogen and oxygen atoms in total. The second kappa shape index (κ2) is 4.83. The quantitative estimate of drug-likeness (QED) is 0.809. The van der Waals surface area contributed by atoms with E-state index in [0.29, 0.717) is 5.92 Å². The summed E-state index contributed by atoms with van der Waals surface area (Å²) in [5, 5.41) is 9.12. The summed E-state index contributed by atoms with van der Waals surface area (Å²) in [5.41, 5.74) is 6.93. The van der Waals surface area contributed by atoms with Gasteiger partial charge in [0.2, 0.25) is 0 Å². The van der Waals surface area contributed by atoms with E-state index >= 15 is 0 Å². The highest BCUT2D eigenvalue weighted by Crippen LogP contribution is 2.33. The van der Waals surface area contributed by atoms with Crippen molar-refractivity contribution in [2.24, 2.45) is 11.7 Å². The van der Waals surface area contributed by atoms with Crippen molar-refractivity contribution in [1.82, 2.24) is 0 Å². The van der Waals surface area contributed by atoms with E-state index in [-0.39, 0.29) is 11.8 Å². The molecule has 1 aromatic rings. The molecule has 0 aromatic heterocycles. The number of halogens is 1. The molecule has 1 aliphatic carbocycles. The van der Waals surface area contributed by atoms with Crippen LogP contribution in [-0.2, 0) is 0 Å². The average Bonchev–Trinajstić information content (AvgIpc) is 2.33. The van der Waals surface area contributed by atoms with Gasteiger partial charge in [0.25, 0.3) is 0 Å². The van der Waals surface area contributed by atoms with Gasteiger partial charge in [-0.05, 0) is 36.5 Å². The molecule has 0 radical (unpaired) electrons. The Morgan fingerprint density at radius 1 is 1.25 bits per heavy atom. The van der Waals surface area contributed by atoms with Crippen molar-refractivity contribution in [3.05, 3.63) is 29.6 Å². The van der Waals surface area contributed by atoms with Crippen LogP contribution in [0, 0.1) is 11.7 Å². The predicted octanol–water partition coefficient (Wildman–Crippen LogP) is 3.11. The second-order valence-electron chi connectivity index (χ2n) is 4.63. The number of rotatable bonds is 2. The van der Waals surface area contributed by atoms with E-state index in [1.165, 1.54) is 31.4 Å². The lowest BCUT2D eigenvalue weighted by atomic mass is 9.81. The Balaban J connectivity index is 2.12. The molecule has 0 bridgehead atoms. The molecule has 1 saturated carbocycles. The number of aromatic hydroxyl groups is 1. The normalized spacial score (nSPS) is 19.6. The van der Waals surface area contributed by atoms with Crippen molar-refractivity contribution in [3.8, 4) is 5.75 Å². The Hall–Kier alpha value is -1.09. The Morgan fingerprint density at radius 2 is 1.94 bits per heavy atom. The lowest BCUT2D eigenvalue weighted by Crippen LogP contribution is -2.23.